The SMILES string of the molecule is COC(=O)C1=C[C@@H](Cc2ccccc2)C2=C3CC[C@](OP(=O)(OCc4ccccc4)OCc4ccccc4)(C(F)(F)F)C[C@H]3CCC2=C1. The van der Waals surface area contributed by atoms with Crippen molar-refractivity contribution in [3.05, 3.63) is 142 Å². The molecule has 252 valence electrons. The van der Waals surface area contributed by atoms with Crippen LogP contribution in [0.25, 0.3) is 0 Å². The molecule has 1 fully saturated rings. The smallest absolute Gasteiger partial charge is 0.465 e. The summed E-state index contributed by atoms with van der Waals surface area (Å²) in [5.41, 5.74) is 2.87. The molecule has 3 aliphatic rings. The number of alkyl halides is 3. The van der Waals surface area contributed by atoms with Crippen LogP contribution in [0.4, 0.5) is 13.2 Å². The van der Waals surface area contributed by atoms with Crippen LogP contribution in [0.2, 0.25) is 0 Å². The number of esters is 1. The first-order chi connectivity index (χ1) is 23.1. The number of benzene rings is 3. The molecule has 3 aliphatic carbocycles. The molecule has 0 heterocycles. The van der Waals surface area contributed by atoms with Crippen molar-refractivity contribution in [2.75, 3.05) is 7.11 Å². The molecule has 0 aliphatic heterocycles. The van der Waals surface area contributed by atoms with E-state index in [-0.39, 0.29) is 25.6 Å². The average molecular weight is 679 g/mol. The molecule has 3 aromatic rings. The number of halogens is 3. The summed E-state index contributed by atoms with van der Waals surface area (Å²) in [6, 6.07) is 27.3. The highest BCUT2D eigenvalue weighted by atomic mass is 31.2. The molecule has 0 amide bonds. The van der Waals surface area contributed by atoms with Crippen molar-refractivity contribution < 1.29 is 40.8 Å². The minimum absolute atomic E-state index is 0.0842. The predicted molar refractivity (Wildman–Crippen MR) is 175 cm³/mol. The van der Waals surface area contributed by atoms with E-state index in [1.54, 1.807) is 60.7 Å². The fourth-order valence-electron chi connectivity index (χ4n) is 7.05. The third-order valence-electron chi connectivity index (χ3n) is 9.39. The second-order valence-electron chi connectivity index (χ2n) is 12.5. The Morgan fingerprint density at radius 3 is 1.96 bits per heavy atom. The van der Waals surface area contributed by atoms with E-state index in [0.717, 1.165) is 22.3 Å². The Labute approximate surface area is 278 Å². The number of methoxy groups -OCH3 is 1. The zero-order valence-electron chi connectivity index (χ0n) is 26.7. The third-order valence-corrected chi connectivity index (χ3v) is 10.9. The maximum absolute atomic E-state index is 15.2. The Hall–Kier alpha value is -3.75. The molecule has 0 N–H and O–H groups in total. The Morgan fingerprint density at radius 1 is 0.854 bits per heavy atom. The summed E-state index contributed by atoms with van der Waals surface area (Å²) in [5, 5.41) is 0. The Bertz CT molecular complexity index is 1690. The molecule has 10 heteroatoms. The van der Waals surface area contributed by atoms with Gasteiger partial charge in [0.1, 0.15) is 0 Å². The highest BCUT2D eigenvalue weighted by molar-refractivity contribution is 7.48. The Kier molecular flexibility index (Phi) is 10.2. The molecule has 1 saturated carbocycles. The van der Waals surface area contributed by atoms with Crippen molar-refractivity contribution in [1.82, 2.24) is 0 Å². The van der Waals surface area contributed by atoms with Crippen LogP contribution in [0.1, 0.15) is 48.8 Å². The first kappa shape index (κ1) is 34.1. The normalized spacial score (nSPS) is 22.7. The summed E-state index contributed by atoms with van der Waals surface area (Å²) in [6.07, 6.45) is -0.436. The van der Waals surface area contributed by atoms with Gasteiger partial charge in [-0.3, -0.25) is 13.6 Å². The number of allylic oxidation sites excluding steroid dienone is 4. The maximum Gasteiger partial charge on any atom is 0.476 e. The van der Waals surface area contributed by atoms with Gasteiger partial charge in [-0.1, -0.05) is 103 Å². The molecule has 0 spiro atoms. The van der Waals surface area contributed by atoms with Gasteiger partial charge in [0, 0.05) is 5.92 Å². The molecule has 0 saturated heterocycles. The molecular weight excluding hydrogens is 640 g/mol. The first-order valence-electron chi connectivity index (χ1n) is 16.1. The number of ether oxygens (including phenoxy) is 1. The second-order valence-corrected chi connectivity index (χ2v) is 14.1. The third kappa shape index (κ3) is 7.60. The van der Waals surface area contributed by atoms with Crippen LogP contribution >= 0.6 is 7.82 Å². The summed E-state index contributed by atoms with van der Waals surface area (Å²) in [5.74, 6) is -1.13. The van der Waals surface area contributed by atoms with Gasteiger partial charge in [0.05, 0.1) is 25.9 Å². The summed E-state index contributed by atoms with van der Waals surface area (Å²) in [6.45, 7) is -0.493. The molecule has 6 rings (SSSR count). The van der Waals surface area contributed by atoms with E-state index in [9.17, 15) is 9.36 Å². The molecule has 6 nitrogen and oxygen atoms in total. The first-order valence-corrected chi connectivity index (χ1v) is 17.6. The molecule has 3 aromatic carbocycles. The number of fused-ring (bicyclic) bond motifs is 2. The van der Waals surface area contributed by atoms with Gasteiger partial charge in [-0.15, -0.1) is 0 Å². The Balaban J connectivity index is 1.32. The number of carbonyl (C=O) groups is 1. The number of hydrogen-bond donors (Lipinski definition) is 0. The van der Waals surface area contributed by atoms with Gasteiger partial charge in [0.2, 0.25) is 0 Å². The van der Waals surface area contributed by atoms with Gasteiger partial charge >= 0.3 is 20.0 Å². The van der Waals surface area contributed by atoms with Crippen LogP contribution in [-0.2, 0) is 47.3 Å². The standard InChI is InChI=1S/C38H38F3O6P/c1-44-36(42)33-22-30-17-18-31-24-37(38(39,40)41,20-19-34(31)35(30)32(23-33)21-27-11-5-2-6-12-27)47-48(43,45-25-28-13-7-3-8-14-28)46-26-29-15-9-4-10-16-29/h2-16,22-23,31-32H,17-21,24-26H2,1H3/t31-,32-,37-/m1/s1. The van der Waals surface area contributed by atoms with Crippen LogP contribution in [0, 0.1) is 11.8 Å². The minimum atomic E-state index is -4.85. The topological polar surface area (TPSA) is 71.1 Å². The van der Waals surface area contributed by atoms with E-state index in [4.69, 9.17) is 18.3 Å². The number of hydrogen-bond acceptors (Lipinski definition) is 6. The van der Waals surface area contributed by atoms with Crippen molar-refractivity contribution in [2.45, 2.75) is 63.5 Å². The van der Waals surface area contributed by atoms with Gasteiger partial charge in [0.25, 0.3) is 0 Å². The summed E-state index contributed by atoms with van der Waals surface area (Å²) >= 11 is 0. The zero-order chi connectivity index (χ0) is 33.8. The van der Waals surface area contributed by atoms with Gasteiger partial charge in [-0.2, -0.15) is 13.2 Å². The van der Waals surface area contributed by atoms with Crippen LogP contribution in [0.5, 0.6) is 0 Å². The van der Waals surface area contributed by atoms with E-state index in [1.807, 2.05) is 42.5 Å². The fraction of sp³-hybridized carbons (Fsp3) is 0.342. The molecule has 0 unspecified atom stereocenters. The quantitative estimate of drug-likeness (QED) is 0.149. The zero-order valence-corrected chi connectivity index (χ0v) is 27.6. The maximum atomic E-state index is 15.2. The monoisotopic (exact) mass is 678 g/mol. The van der Waals surface area contributed by atoms with Crippen LogP contribution in [0.15, 0.2) is 125 Å². The average Bonchev–Trinajstić information content (AvgIpc) is 3.10. The molecule has 0 aromatic heterocycles. The van der Waals surface area contributed by atoms with E-state index in [1.165, 1.54) is 7.11 Å². The van der Waals surface area contributed by atoms with Crippen molar-refractivity contribution in [1.29, 1.82) is 0 Å². The van der Waals surface area contributed by atoms with Gasteiger partial charge < -0.3 is 4.74 Å². The van der Waals surface area contributed by atoms with Crippen LogP contribution in [-0.4, -0.2) is 24.9 Å². The number of phosphoric acid groups is 1. The van der Waals surface area contributed by atoms with E-state index in [0.29, 0.717) is 36.0 Å². The largest absolute Gasteiger partial charge is 0.476 e. The van der Waals surface area contributed by atoms with Gasteiger partial charge in [-0.05, 0) is 78.4 Å². The molecule has 0 bridgehead atoms. The fourth-order valence-corrected chi connectivity index (χ4v) is 8.54. The summed E-state index contributed by atoms with van der Waals surface area (Å²) in [4.78, 5) is 12.6. The molecule has 3 atom stereocenters. The second kappa shape index (κ2) is 14.4. The summed E-state index contributed by atoms with van der Waals surface area (Å²) in [7, 11) is -3.41. The number of rotatable bonds is 11. The number of carbonyl (C=O) groups excluding carboxylic acids is 1. The molecular formula is C38H38F3O6P. The predicted octanol–water partition coefficient (Wildman–Crippen LogP) is 9.63. The van der Waals surface area contributed by atoms with E-state index >= 15 is 13.2 Å². The number of phosphoric ester groups is 1. The van der Waals surface area contributed by atoms with Crippen molar-refractivity contribution >= 4 is 13.8 Å². The van der Waals surface area contributed by atoms with E-state index in [2.05, 4.69) is 0 Å². The van der Waals surface area contributed by atoms with Gasteiger partial charge in [-0.25, -0.2) is 9.36 Å². The lowest BCUT2D eigenvalue weighted by Crippen LogP contribution is -2.51. The van der Waals surface area contributed by atoms with Crippen molar-refractivity contribution in [2.24, 2.45) is 11.8 Å². The van der Waals surface area contributed by atoms with Crippen LogP contribution < -0.4 is 0 Å². The molecule has 0 radical (unpaired) electrons. The highest BCUT2D eigenvalue weighted by Crippen LogP contribution is 2.62. The Morgan fingerprint density at radius 2 is 1.42 bits per heavy atom. The van der Waals surface area contributed by atoms with Crippen molar-refractivity contribution in [3.8, 4) is 0 Å². The lowest BCUT2D eigenvalue weighted by atomic mass is 9.63. The lowest BCUT2D eigenvalue weighted by molar-refractivity contribution is -0.265. The van der Waals surface area contributed by atoms with Gasteiger partial charge in [0.15, 0.2) is 5.60 Å². The van der Waals surface area contributed by atoms with Crippen LogP contribution in [0.3, 0.4) is 0 Å². The van der Waals surface area contributed by atoms with E-state index < -0.39 is 44.3 Å². The highest BCUT2D eigenvalue weighted by Gasteiger charge is 2.62. The summed E-state index contributed by atoms with van der Waals surface area (Å²) < 4.78 is 82.0. The minimum Gasteiger partial charge on any atom is -0.465 e. The lowest BCUT2D eigenvalue weighted by Gasteiger charge is -2.47. The van der Waals surface area contributed by atoms with Crippen molar-refractivity contribution in [3.63, 3.8) is 0 Å². The molecule has 48 heavy (non-hydrogen) atoms.